The van der Waals surface area contributed by atoms with Crippen molar-refractivity contribution in [3.63, 3.8) is 0 Å². The van der Waals surface area contributed by atoms with Gasteiger partial charge in [0.1, 0.15) is 6.10 Å². The van der Waals surface area contributed by atoms with E-state index in [1.807, 2.05) is 6.92 Å². The van der Waals surface area contributed by atoms with Crippen LogP contribution in [-0.2, 0) is 23.9 Å². The fourth-order valence-corrected chi connectivity index (χ4v) is 7.23. The van der Waals surface area contributed by atoms with E-state index in [4.69, 9.17) is 9.47 Å². The van der Waals surface area contributed by atoms with Crippen LogP contribution in [-0.4, -0.2) is 84.3 Å². The highest BCUT2D eigenvalue weighted by Gasteiger charge is 2.64. The highest BCUT2D eigenvalue weighted by Crippen LogP contribution is 2.61. The van der Waals surface area contributed by atoms with Crippen molar-refractivity contribution in [2.45, 2.75) is 64.3 Å². The molecule has 0 aromatic rings. The van der Waals surface area contributed by atoms with E-state index in [0.29, 0.717) is 24.0 Å². The van der Waals surface area contributed by atoms with Crippen molar-refractivity contribution in [1.29, 1.82) is 0 Å². The number of carbonyl (C=O) groups is 3. The molecule has 0 aromatic heterocycles. The van der Waals surface area contributed by atoms with E-state index in [2.05, 4.69) is 4.90 Å². The summed E-state index contributed by atoms with van der Waals surface area (Å²) in [6.45, 7) is 5.62. The first-order valence-corrected chi connectivity index (χ1v) is 12.0. The first-order valence-electron chi connectivity index (χ1n) is 12.0. The Hall–Kier alpha value is -1.87. The van der Waals surface area contributed by atoms with Crippen LogP contribution in [0.1, 0.15) is 46.0 Å². The van der Waals surface area contributed by atoms with Gasteiger partial charge in [-0.1, -0.05) is 6.92 Å². The maximum Gasteiger partial charge on any atom is 0.336 e. The van der Waals surface area contributed by atoms with Gasteiger partial charge < -0.3 is 19.7 Å². The summed E-state index contributed by atoms with van der Waals surface area (Å²) < 4.78 is 11.2. The van der Waals surface area contributed by atoms with Crippen LogP contribution in [0.15, 0.2) is 22.3 Å². The van der Waals surface area contributed by atoms with Gasteiger partial charge in [0, 0.05) is 30.2 Å². The number of allylic oxidation sites excluding steroid dienone is 1. The summed E-state index contributed by atoms with van der Waals surface area (Å²) in [5, 5.41) is 22.1. The molecular formula is C25H33NO7. The molecule has 5 aliphatic rings. The van der Waals surface area contributed by atoms with Crippen molar-refractivity contribution in [2.24, 2.45) is 16.7 Å². The van der Waals surface area contributed by atoms with Crippen molar-refractivity contribution >= 4 is 17.5 Å². The lowest BCUT2D eigenvalue weighted by atomic mass is 9.52. The molecule has 8 heteroatoms. The second-order valence-corrected chi connectivity index (χ2v) is 10.7. The van der Waals surface area contributed by atoms with Gasteiger partial charge in [0.15, 0.2) is 0 Å². The molecule has 2 aliphatic heterocycles. The lowest BCUT2D eigenvalue weighted by Gasteiger charge is -2.53. The zero-order valence-corrected chi connectivity index (χ0v) is 19.6. The molecule has 0 aromatic carbocycles. The van der Waals surface area contributed by atoms with E-state index >= 15 is 0 Å². The largest absolute Gasteiger partial charge is 0.455 e. The first kappa shape index (κ1) is 22.9. The second kappa shape index (κ2) is 7.83. The molecule has 33 heavy (non-hydrogen) atoms. The molecule has 2 heterocycles. The van der Waals surface area contributed by atoms with E-state index in [0.717, 1.165) is 25.9 Å². The minimum Gasteiger partial charge on any atom is -0.455 e. The number of carbonyl (C=O) groups excluding carboxylic acids is 3. The third kappa shape index (κ3) is 3.07. The summed E-state index contributed by atoms with van der Waals surface area (Å²) >= 11 is 0. The molecule has 1 saturated carbocycles. The SMILES string of the molecule is COCC1OC(=O)C(CN2CCCC2)=C2C(=O)C(=O)C3=C(C(O)CC4(C)C(O)CCC34)C21C. The van der Waals surface area contributed by atoms with Gasteiger partial charge in [-0.25, -0.2) is 4.79 Å². The summed E-state index contributed by atoms with van der Waals surface area (Å²) in [5.74, 6) is -2.23. The van der Waals surface area contributed by atoms with Gasteiger partial charge in [-0.05, 0) is 63.6 Å². The molecule has 0 bridgehead atoms. The number of rotatable bonds is 4. The topological polar surface area (TPSA) is 113 Å². The Bertz CT molecular complexity index is 977. The summed E-state index contributed by atoms with van der Waals surface area (Å²) in [6, 6.07) is 0. The van der Waals surface area contributed by atoms with E-state index in [1.165, 1.54) is 7.11 Å². The molecule has 5 rings (SSSR count). The van der Waals surface area contributed by atoms with Gasteiger partial charge in [-0.3, -0.25) is 14.5 Å². The van der Waals surface area contributed by atoms with Crippen LogP contribution in [0.2, 0.25) is 0 Å². The number of aliphatic hydroxyl groups is 2. The molecule has 1 saturated heterocycles. The van der Waals surface area contributed by atoms with Gasteiger partial charge in [0.2, 0.25) is 11.6 Å². The molecule has 2 N–H and O–H groups in total. The Balaban J connectivity index is 1.74. The van der Waals surface area contributed by atoms with E-state index < -0.39 is 46.7 Å². The van der Waals surface area contributed by atoms with Crippen molar-refractivity contribution in [2.75, 3.05) is 33.4 Å². The van der Waals surface area contributed by atoms with Gasteiger partial charge >= 0.3 is 5.97 Å². The second-order valence-electron chi connectivity index (χ2n) is 10.7. The Morgan fingerprint density at radius 1 is 1.09 bits per heavy atom. The molecule has 0 spiro atoms. The van der Waals surface area contributed by atoms with Crippen molar-refractivity contribution in [3.8, 4) is 0 Å². The van der Waals surface area contributed by atoms with E-state index in [-0.39, 0.29) is 36.6 Å². The van der Waals surface area contributed by atoms with Crippen LogP contribution in [0, 0.1) is 16.7 Å². The number of likely N-dealkylation sites (tertiary alicyclic amines) is 1. The Morgan fingerprint density at radius 2 is 1.79 bits per heavy atom. The van der Waals surface area contributed by atoms with Crippen molar-refractivity contribution < 1.29 is 34.1 Å². The third-order valence-electron chi connectivity index (χ3n) is 8.99. The van der Waals surface area contributed by atoms with Crippen LogP contribution >= 0.6 is 0 Å². The number of fused-ring (bicyclic) bond motifs is 4. The summed E-state index contributed by atoms with van der Waals surface area (Å²) in [5.41, 5.74) is -0.642. The maximum absolute atomic E-state index is 13.7. The van der Waals surface area contributed by atoms with Gasteiger partial charge in [0.25, 0.3) is 0 Å². The zero-order chi connectivity index (χ0) is 23.7. The van der Waals surface area contributed by atoms with Crippen LogP contribution in [0.3, 0.4) is 0 Å². The van der Waals surface area contributed by atoms with E-state index in [1.54, 1.807) is 6.92 Å². The number of ketones is 2. The number of nitrogens with zero attached hydrogens (tertiary/aromatic N) is 1. The molecule has 6 atom stereocenters. The lowest BCUT2D eigenvalue weighted by Crippen LogP contribution is -2.59. The first-order chi connectivity index (χ1) is 15.6. The maximum atomic E-state index is 13.7. The smallest absolute Gasteiger partial charge is 0.336 e. The molecule has 180 valence electrons. The quantitative estimate of drug-likeness (QED) is 0.472. The molecule has 3 aliphatic carbocycles. The fourth-order valence-electron chi connectivity index (χ4n) is 7.23. The minimum absolute atomic E-state index is 0.0399. The predicted octanol–water partition coefficient (Wildman–Crippen LogP) is 0.947. The third-order valence-corrected chi connectivity index (χ3v) is 8.99. The number of Topliss-reactive ketones (excluding diaryl/α,β-unsaturated/α-hetero) is 2. The van der Waals surface area contributed by atoms with Crippen LogP contribution in [0.4, 0.5) is 0 Å². The van der Waals surface area contributed by atoms with Crippen molar-refractivity contribution in [1.82, 2.24) is 4.90 Å². The molecule has 6 unspecified atom stereocenters. The van der Waals surface area contributed by atoms with E-state index in [9.17, 15) is 24.6 Å². The average Bonchev–Trinajstić information content (AvgIpc) is 3.37. The number of hydrogen-bond acceptors (Lipinski definition) is 8. The monoisotopic (exact) mass is 459 g/mol. The average molecular weight is 460 g/mol. The van der Waals surface area contributed by atoms with Crippen LogP contribution in [0.5, 0.6) is 0 Å². The van der Waals surface area contributed by atoms with Gasteiger partial charge in [0.05, 0.1) is 29.8 Å². The molecule has 0 amide bonds. The standard InChI is InChI=1S/C25H33NO7/c1-24-10-15(27)20-18(14(24)6-7-16(24)28)21(29)22(30)19-13(11-26-8-4-5-9-26)23(31)33-17(12-32-3)25(19,20)2/h14-17,27-28H,4-12H2,1-3H3. The highest BCUT2D eigenvalue weighted by molar-refractivity contribution is 6.51. The van der Waals surface area contributed by atoms with Crippen molar-refractivity contribution in [3.05, 3.63) is 22.3 Å². The molecule has 0 radical (unpaired) electrons. The number of hydrogen-bond donors (Lipinski definition) is 2. The normalized spacial score (nSPS) is 41.3. The number of cyclic esters (lactones) is 1. The number of esters is 1. The number of aliphatic hydroxyl groups excluding tert-OH is 2. The highest BCUT2D eigenvalue weighted by atomic mass is 16.6. The summed E-state index contributed by atoms with van der Waals surface area (Å²) in [7, 11) is 1.49. The Kier molecular flexibility index (Phi) is 5.44. The van der Waals surface area contributed by atoms with Gasteiger partial charge in [-0.2, -0.15) is 0 Å². The summed E-state index contributed by atoms with van der Waals surface area (Å²) in [4.78, 5) is 42.5. The lowest BCUT2D eigenvalue weighted by molar-refractivity contribution is -0.159. The molecular weight excluding hydrogens is 426 g/mol. The summed E-state index contributed by atoms with van der Waals surface area (Å²) in [6.07, 6.45) is 0.903. The van der Waals surface area contributed by atoms with Gasteiger partial charge in [-0.15, -0.1) is 0 Å². The van der Waals surface area contributed by atoms with Crippen LogP contribution < -0.4 is 0 Å². The molecule has 8 nitrogen and oxygen atoms in total. The number of methoxy groups -OCH3 is 1. The Labute approximate surface area is 193 Å². The zero-order valence-electron chi connectivity index (χ0n) is 19.6. The fraction of sp³-hybridized carbons (Fsp3) is 0.720. The minimum atomic E-state index is -1.16. The van der Waals surface area contributed by atoms with Crippen LogP contribution in [0.25, 0.3) is 0 Å². The molecule has 2 fully saturated rings. The number of ether oxygens (including phenoxy) is 2. The predicted molar refractivity (Wildman–Crippen MR) is 117 cm³/mol. The Morgan fingerprint density at radius 3 is 2.45 bits per heavy atom.